The molecule has 0 bridgehead atoms. The number of anilines is 1. The molecular weight excluding hydrogens is 366 g/mol. The molecule has 8 nitrogen and oxygen atoms in total. The van der Waals surface area contributed by atoms with Crippen LogP contribution < -0.4 is 10.5 Å². The van der Waals surface area contributed by atoms with E-state index < -0.39 is 6.09 Å². The molecule has 1 fully saturated rings. The Morgan fingerprint density at radius 3 is 2.52 bits per heavy atom. The van der Waals surface area contributed by atoms with Gasteiger partial charge in [0.1, 0.15) is 40.4 Å². The van der Waals surface area contributed by atoms with Crippen LogP contribution in [0.1, 0.15) is 17.5 Å². The van der Waals surface area contributed by atoms with Crippen molar-refractivity contribution in [1.82, 2.24) is 9.88 Å². The molecule has 9 heteroatoms. The van der Waals surface area contributed by atoms with E-state index in [0.717, 1.165) is 0 Å². The van der Waals surface area contributed by atoms with E-state index in [4.69, 9.17) is 15.6 Å². The van der Waals surface area contributed by atoms with Gasteiger partial charge in [-0.05, 0) is 17.7 Å². The molecule has 1 amide bonds. The lowest BCUT2D eigenvalue weighted by atomic mass is 9.97. The number of nitrogens with zero attached hydrogens (tertiary/aromatic N) is 4. The molecule has 1 aromatic heterocycles. The van der Waals surface area contributed by atoms with Gasteiger partial charge in [0.05, 0.1) is 12.1 Å². The van der Waals surface area contributed by atoms with Crippen molar-refractivity contribution in [3.05, 3.63) is 35.4 Å². The highest BCUT2D eigenvalue weighted by atomic mass is 32.1. The van der Waals surface area contributed by atoms with Crippen LogP contribution in [0.15, 0.2) is 29.3 Å². The zero-order valence-electron chi connectivity index (χ0n) is 14.1. The summed E-state index contributed by atoms with van der Waals surface area (Å²) in [4.78, 5) is 16.2. The number of nitriles is 2. The smallest absolute Gasteiger partial charge is 0.407 e. The maximum Gasteiger partial charge on any atom is 0.407 e. The summed E-state index contributed by atoms with van der Waals surface area (Å²) in [6.07, 6.45) is -0.547. The van der Waals surface area contributed by atoms with Crippen LogP contribution in [-0.2, 0) is 0 Å². The van der Waals surface area contributed by atoms with Gasteiger partial charge in [-0.25, -0.2) is 9.78 Å². The van der Waals surface area contributed by atoms with Crippen LogP contribution in [0.3, 0.4) is 0 Å². The zero-order chi connectivity index (χ0) is 19.6. The minimum absolute atomic E-state index is 0.0107. The van der Waals surface area contributed by atoms with E-state index in [9.17, 15) is 15.3 Å². The number of benzene rings is 1. The van der Waals surface area contributed by atoms with Gasteiger partial charge in [-0.15, -0.1) is 12.6 Å². The number of hydrogen-bond donors (Lipinski definition) is 3. The lowest BCUT2D eigenvalue weighted by Gasteiger charge is -2.15. The number of hydrogen-bond acceptors (Lipinski definition) is 7. The fraction of sp³-hybridized carbons (Fsp3) is 0.222. The van der Waals surface area contributed by atoms with Gasteiger partial charge in [0.15, 0.2) is 0 Å². The third-order valence-electron chi connectivity index (χ3n) is 4.29. The minimum atomic E-state index is -0.956. The van der Waals surface area contributed by atoms with Crippen LogP contribution in [0.4, 0.5) is 10.6 Å². The number of likely N-dealkylation sites (tertiary alicyclic amines) is 1. The van der Waals surface area contributed by atoms with Crippen LogP contribution in [-0.4, -0.2) is 40.3 Å². The summed E-state index contributed by atoms with van der Waals surface area (Å²) >= 11 is 4.18. The summed E-state index contributed by atoms with van der Waals surface area (Å²) in [5, 5.41) is 28.0. The van der Waals surface area contributed by atoms with E-state index in [1.54, 1.807) is 24.3 Å². The molecule has 0 saturated carbocycles. The van der Waals surface area contributed by atoms with E-state index in [1.165, 1.54) is 4.90 Å². The summed E-state index contributed by atoms with van der Waals surface area (Å²) in [7, 11) is 0. The first-order valence-corrected chi connectivity index (χ1v) is 8.47. The molecule has 2 aromatic rings. The topological polar surface area (TPSA) is 136 Å². The van der Waals surface area contributed by atoms with Crippen molar-refractivity contribution in [2.24, 2.45) is 0 Å². The van der Waals surface area contributed by atoms with E-state index in [-0.39, 0.29) is 28.1 Å². The molecule has 0 spiro atoms. The Morgan fingerprint density at radius 1 is 1.30 bits per heavy atom. The van der Waals surface area contributed by atoms with Gasteiger partial charge in [-0.1, -0.05) is 12.1 Å². The van der Waals surface area contributed by atoms with Gasteiger partial charge in [-0.3, -0.25) is 0 Å². The van der Waals surface area contributed by atoms with Gasteiger partial charge in [0.25, 0.3) is 0 Å². The number of nitrogens with two attached hydrogens (primary N) is 1. The number of nitrogen functional groups attached to an aromatic ring is 1. The Morgan fingerprint density at radius 2 is 1.96 bits per heavy atom. The molecule has 0 radical (unpaired) electrons. The van der Waals surface area contributed by atoms with Crippen LogP contribution in [0.5, 0.6) is 5.75 Å². The van der Waals surface area contributed by atoms with E-state index in [0.29, 0.717) is 36.4 Å². The first-order chi connectivity index (χ1) is 12.9. The fourth-order valence-electron chi connectivity index (χ4n) is 2.99. The second-order valence-electron chi connectivity index (χ2n) is 5.95. The summed E-state index contributed by atoms with van der Waals surface area (Å²) in [6, 6.07) is 10.8. The van der Waals surface area contributed by atoms with Gasteiger partial charge in [-0.2, -0.15) is 10.5 Å². The van der Waals surface area contributed by atoms with Crippen molar-refractivity contribution in [2.45, 2.75) is 17.6 Å². The number of carboxylic acid groups (broad SMARTS) is 1. The number of pyridine rings is 1. The van der Waals surface area contributed by atoms with Crippen molar-refractivity contribution in [3.63, 3.8) is 0 Å². The quantitative estimate of drug-likeness (QED) is 0.695. The molecule has 1 atom stereocenters. The monoisotopic (exact) mass is 381 g/mol. The Hall–Kier alpha value is -3.43. The Labute approximate surface area is 160 Å². The fourth-order valence-corrected chi connectivity index (χ4v) is 3.26. The van der Waals surface area contributed by atoms with E-state index >= 15 is 0 Å². The third kappa shape index (κ3) is 3.59. The molecule has 27 heavy (non-hydrogen) atoms. The number of rotatable bonds is 3. The average Bonchev–Trinajstić information content (AvgIpc) is 3.11. The van der Waals surface area contributed by atoms with Crippen molar-refractivity contribution >= 4 is 24.5 Å². The van der Waals surface area contributed by atoms with Gasteiger partial charge < -0.3 is 20.5 Å². The molecule has 3 rings (SSSR count). The Balaban J connectivity index is 1.88. The number of carbonyl (C=O) groups is 1. The first kappa shape index (κ1) is 18.4. The highest BCUT2D eigenvalue weighted by Gasteiger charge is 2.27. The van der Waals surface area contributed by atoms with E-state index in [2.05, 4.69) is 17.6 Å². The van der Waals surface area contributed by atoms with Crippen molar-refractivity contribution in [3.8, 4) is 29.0 Å². The molecule has 2 heterocycles. The minimum Gasteiger partial charge on any atom is -0.489 e. The SMILES string of the molecule is N#Cc1c(N)nc(S)c(C#N)c1-c1ccc(OC2CCN(C(=O)O)C2)cc1. The van der Waals surface area contributed by atoms with Crippen molar-refractivity contribution < 1.29 is 14.6 Å². The van der Waals surface area contributed by atoms with Crippen LogP contribution >= 0.6 is 12.6 Å². The van der Waals surface area contributed by atoms with Crippen LogP contribution in [0.25, 0.3) is 11.1 Å². The molecule has 136 valence electrons. The van der Waals surface area contributed by atoms with E-state index in [1.807, 2.05) is 12.1 Å². The second-order valence-corrected chi connectivity index (χ2v) is 6.37. The van der Waals surface area contributed by atoms with Crippen LogP contribution in [0, 0.1) is 22.7 Å². The molecule has 1 unspecified atom stereocenters. The summed E-state index contributed by atoms with van der Waals surface area (Å²) in [6.45, 7) is 0.758. The molecule has 1 aromatic carbocycles. The normalized spacial score (nSPS) is 15.8. The largest absolute Gasteiger partial charge is 0.489 e. The first-order valence-electron chi connectivity index (χ1n) is 8.02. The lowest BCUT2D eigenvalue weighted by Crippen LogP contribution is -2.29. The standard InChI is InChI=1S/C18H15N5O3S/c19-7-13-15(14(8-20)17(27)22-16(13)21)10-1-3-11(4-2-10)26-12-5-6-23(9-12)18(24)25/h1-4,12H,5-6,9H2,(H,24,25)(H3,21,22,27). The van der Waals surface area contributed by atoms with Crippen molar-refractivity contribution in [1.29, 1.82) is 10.5 Å². The summed E-state index contributed by atoms with van der Waals surface area (Å²) in [5.74, 6) is 0.581. The zero-order valence-corrected chi connectivity index (χ0v) is 15.0. The Kier molecular flexibility index (Phi) is 5.06. The molecule has 1 aliphatic rings. The van der Waals surface area contributed by atoms with Crippen LogP contribution in [0.2, 0.25) is 0 Å². The molecular formula is C18H15N5O3S. The number of ether oxygens (including phenoxy) is 1. The summed E-state index contributed by atoms with van der Waals surface area (Å²) in [5.41, 5.74) is 7.08. The predicted molar refractivity (Wildman–Crippen MR) is 99.4 cm³/mol. The van der Waals surface area contributed by atoms with Gasteiger partial charge in [0.2, 0.25) is 0 Å². The third-order valence-corrected chi connectivity index (χ3v) is 4.61. The highest BCUT2D eigenvalue weighted by Crippen LogP contribution is 2.34. The second kappa shape index (κ2) is 7.44. The Bertz CT molecular complexity index is 940. The number of aromatic nitrogens is 1. The number of amides is 1. The predicted octanol–water partition coefficient (Wildman–Crippen LogP) is 2.49. The molecule has 1 saturated heterocycles. The lowest BCUT2D eigenvalue weighted by molar-refractivity contribution is 0.145. The average molecular weight is 381 g/mol. The molecule has 1 aliphatic heterocycles. The molecule has 3 N–H and O–H groups in total. The van der Waals surface area contributed by atoms with Crippen molar-refractivity contribution in [2.75, 3.05) is 18.8 Å². The maximum atomic E-state index is 11.0. The maximum absolute atomic E-state index is 11.0. The van der Waals surface area contributed by atoms with Gasteiger partial charge >= 0.3 is 6.09 Å². The summed E-state index contributed by atoms with van der Waals surface area (Å²) < 4.78 is 5.82. The van der Waals surface area contributed by atoms with Gasteiger partial charge in [0, 0.05) is 18.5 Å². The molecule has 0 aliphatic carbocycles. The number of thiol groups is 1. The highest BCUT2D eigenvalue weighted by molar-refractivity contribution is 7.80.